The van der Waals surface area contributed by atoms with E-state index in [1.165, 1.54) is 6.07 Å². The third-order valence-electron chi connectivity index (χ3n) is 2.93. The number of carbonyl (C=O) groups excluding carboxylic acids is 2. The number of benzene rings is 1. The number of hydrogen-bond acceptors (Lipinski definition) is 4. The van der Waals surface area contributed by atoms with Gasteiger partial charge in [-0.1, -0.05) is 17.7 Å². The van der Waals surface area contributed by atoms with Crippen molar-refractivity contribution >= 4 is 17.6 Å². The van der Waals surface area contributed by atoms with Crippen molar-refractivity contribution in [2.24, 2.45) is 0 Å². The zero-order valence-electron chi connectivity index (χ0n) is 12.2. The largest absolute Gasteiger partial charge is 0.454 e. The van der Waals surface area contributed by atoms with Crippen molar-refractivity contribution in [1.82, 2.24) is 0 Å². The van der Waals surface area contributed by atoms with Crippen LogP contribution in [0.15, 0.2) is 34.7 Å². The molecule has 0 radical (unpaired) electrons. The first kappa shape index (κ1) is 14.8. The summed E-state index contributed by atoms with van der Waals surface area (Å²) in [5, 5.41) is 2.70. The summed E-state index contributed by atoms with van der Waals surface area (Å²) in [7, 11) is 0. The van der Waals surface area contributed by atoms with Gasteiger partial charge in [0.05, 0.1) is 0 Å². The maximum absolute atomic E-state index is 11.8. The summed E-state index contributed by atoms with van der Waals surface area (Å²) in [6.07, 6.45) is 0. The predicted molar refractivity (Wildman–Crippen MR) is 78.3 cm³/mol. The molecule has 1 N–H and O–H groups in total. The third-order valence-corrected chi connectivity index (χ3v) is 2.93. The van der Waals surface area contributed by atoms with Crippen LogP contribution in [-0.2, 0) is 9.53 Å². The van der Waals surface area contributed by atoms with Crippen LogP contribution in [0.3, 0.4) is 0 Å². The Bertz CT molecular complexity index is 673. The Morgan fingerprint density at radius 1 is 1.14 bits per heavy atom. The molecule has 21 heavy (non-hydrogen) atoms. The number of anilines is 1. The van der Waals surface area contributed by atoms with Gasteiger partial charge in [0.2, 0.25) is 5.76 Å². The molecule has 5 nitrogen and oxygen atoms in total. The molecule has 1 amide bonds. The summed E-state index contributed by atoms with van der Waals surface area (Å²) in [6.45, 7) is 5.25. The number of esters is 1. The van der Waals surface area contributed by atoms with Gasteiger partial charge in [-0.05, 0) is 44.5 Å². The summed E-state index contributed by atoms with van der Waals surface area (Å²) in [6, 6.07) is 8.86. The Balaban J connectivity index is 1.89. The molecule has 0 aliphatic heterocycles. The summed E-state index contributed by atoms with van der Waals surface area (Å²) in [4.78, 5) is 23.4. The van der Waals surface area contributed by atoms with E-state index < -0.39 is 11.9 Å². The van der Waals surface area contributed by atoms with E-state index in [1.54, 1.807) is 13.0 Å². The summed E-state index contributed by atoms with van der Waals surface area (Å²) < 4.78 is 10.0. The van der Waals surface area contributed by atoms with E-state index in [1.807, 2.05) is 32.0 Å². The van der Waals surface area contributed by atoms with E-state index in [9.17, 15) is 9.59 Å². The van der Waals surface area contributed by atoms with Crippen LogP contribution in [0.1, 0.15) is 27.4 Å². The van der Waals surface area contributed by atoms with Crippen LogP contribution in [0.4, 0.5) is 5.69 Å². The van der Waals surface area contributed by atoms with Crippen LogP contribution in [0, 0.1) is 20.8 Å². The zero-order valence-corrected chi connectivity index (χ0v) is 12.2. The van der Waals surface area contributed by atoms with Gasteiger partial charge in [-0.3, -0.25) is 4.79 Å². The first-order valence-corrected chi connectivity index (χ1v) is 6.56. The lowest BCUT2D eigenvalue weighted by Crippen LogP contribution is -2.21. The number of carbonyl (C=O) groups is 2. The Morgan fingerprint density at radius 3 is 2.52 bits per heavy atom. The van der Waals surface area contributed by atoms with E-state index in [0.29, 0.717) is 11.4 Å². The molecule has 0 aliphatic rings. The smallest absolute Gasteiger partial charge is 0.374 e. The highest BCUT2D eigenvalue weighted by Gasteiger charge is 2.14. The summed E-state index contributed by atoms with van der Waals surface area (Å²) in [5.41, 5.74) is 2.77. The molecule has 2 aromatic rings. The molecule has 0 bridgehead atoms. The molecule has 110 valence electrons. The van der Waals surface area contributed by atoms with Crippen LogP contribution in [0.5, 0.6) is 0 Å². The van der Waals surface area contributed by atoms with Gasteiger partial charge in [0, 0.05) is 5.69 Å². The van der Waals surface area contributed by atoms with Crippen molar-refractivity contribution in [3.63, 3.8) is 0 Å². The van der Waals surface area contributed by atoms with Crippen molar-refractivity contribution < 1.29 is 18.7 Å². The zero-order chi connectivity index (χ0) is 15.4. The molecule has 2 rings (SSSR count). The summed E-state index contributed by atoms with van der Waals surface area (Å²) in [5.74, 6) is -0.342. The minimum absolute atomic E-state index is 0.0896. The topological polar surface area (TPSA) is 68.5 Å². The normalized spacial score (nSPS) is 10.2. The van der Waals surface area contributed by atoms with Crippen LogP contribution >= 0.6 is 0 Å². The molecule has 1 aromatic heterocycles. The quantitative estimate of drug-likeness (QED) is 0.878. The molecule has 0 atom stereocenters. The lowest BCUT2D eigenvalue weighted by Gasteiger charge is -2.09. The maximum Gasteiger partial charge on any atom is 0.374 e. The van der Waals surface area contributed by atoms with Gasteiger partial charge in [-0.2, -0.15) is 0 Å². The van der Waals surface area contributed by atoms with Crippen molar-refractivity contribution in [1.29, 1.82) is 0 Å². The SMILES string of the molecule is Cc1ccc(NC(=O)COC(=O)c2ccc(C)o2)c(C)c1. The van der Waals surface area contributed by atoms with E-state index in [4.69, 9.17) is 9.15 Å². The molecule has 1 aromatic carbocycles. The van der Waals surface area contributed by atoms with Gasteiger partial charge in [0.15, 0.2) is 6.61 Å². The van der Waals surface area contributed by atoms with Gasteiger partial charge >= 0.3 is 5.97 Å². The molecule has 0 saturated carbocycles. The van der Waals surface area contributed by atoms with Crippen molar-refractivity contribution in [3.05, 3.63) is 53.0 Å². The van der Waals surface area contributed by atoms with Gasteiger partial charge in [0.25, 0.3) is 5.91 Å². The molecular formula is C16H17NO4. The second kappa shape index (κ2) is 6.26. The Kier molecular flexibility index (Phi) is 4.42. The average molecular weight is 287 g/mol. The predicted octanol–water partition coefficient (Wildman–Crippen LogP) is 3.00. The fourth-order valence-corrected chi connectivity index (χ4v) is 1.89. The lowest BCUT2D eigenvalue weighted by atomic mass is 10.1. The minimum Gasteiger partial charge on any atom is -0.454 e. The fourth-order valence-electron chi connectivity index (χ4n) is 1.89. The van der Waals surface area contributed by atoms with Gasteiger partial charge in [-0.25, -0.2) is 4.79 Å². The number of amides is 1. The van der Waals surface area contributed by atoms with E-state index in [0.717, 1.165) is 11.1 Å². The fraction of sp³-hybridized carbons (Fsp3) is 0.250. The molecule has 5 heteroatoms. The van der Waals surface area contributed by atoms with E-state index in [-0.39, 0.29) is 12.4 Å². The van der Waals surface area contributed by atoms with Crippen LogP contribution in [0.25, 0.3) is 0 Å². The molecule has 0 saturated heterocycles. The Hall–Kier alpha value is -2.56. The highest BCUT2D eigenvalue weighted by atomic mass is 16.5. The first-order valence-electron chi connectivity index (χ1n) is 6.56. The molecule has 1 heterocycles. The number of ether oxygens (including phenoxy) is 1. The number of aryl methyl sites for hydroxylation is 3. The average Bonchev–Trinajstić information content (AvgIpc) is 2.86. The number of nitrogens with one attached hydrogen (secondary N) is 1. The van der Waals surface area contributed by atoms with Crippen molar-refractivity contribution in [2.75, 3.05) is 11.9 Å². The van der Waals surface area contributed by atoms with E-state index in [2.05, 4.69) is 5.32 Å². The second-order valence-electron chi connectivity index (χ2n) is 4.85. The van der Waals surface area contributed by atoms with Crippen molar-refractivity contribution in [3.8, 4) is 0 Å². The van der Waals surface area contributed by atoms with Crippen LogP contribution in [-0.4, -0.2) is 18.5 Å². The van der Waals surface area contributed by atoms with E-state index >= 15 is 0 Å². The monoisotopic (exact) mass is 287 g/mol. The van der Waals surface area contributed by atoms with Crippen molar-refractivity contribution in [2.45, 2.75) is 20.8 Å². The van der Waals surface area contributed by atoms with Gasteiger partial charge in [-0.15, -0.1) is 0 Å². The molecule has 0 fully saturated rings. The standard InChI is InChI=1S/C16H17NO4/c1-10-4-6-13(11(2)8-10)17-15(18)9-20-16(19)14-7-5-12(3)21-14/h4-8H,9H2,1-3H3,(H,17,18). The molecular weight excluding hydrogens is 270 g/mol. The van der Waals surface area contributed by atoms with Crippen LogP contribution < -0.4 is 5.32 Å². The van der Waals surface area contributed by atoms with Gasteiger partial charge < -0.3 is 14.5 Å². The molecule has 0 unspecified atom stereocenters. The molecule has 0 aliphatic carbocycles. The third kappa shape index (κ3) is 3.95. The van der Waals surface area contributed by atoms with Gasteiger partial charge in [0.1, 0.15) is 5.76 Å². The summed E-state index contributed by atoms with van der Waals surface area (Å²) >= 11 is 0. The number of furan rings is 1. The second-order valence-corrected chi connectivity index (χ2v) is 4.85. The first-order chi connectivity index (χ1) is 9.95. The highest BCUT2D eigenvalue weighted by molar-refractivity contribution is 5.95. The Labute approximate surface area is 122 Å². The highest BCUT2D eigenvalue weighted by Crippen LogP contribution is 2.16. The minimum atomic E-state index is -0.654. The van der Waals surface area contributed by atoms with Crippen LogP contribution in [0.2, 0.25) is 0 Å². The number of hydrogen-bond donors (Lipinski definition) is 1. The Morgan fingerprint density at radius 2 is 1.90 bits per heavy atom. The number of rotatable bonds is 4. The maximum atomic E-state index is 11.8. The molecule has 0 spiro atoms. The lowest BCUT2D eigenvalue weighted by molar-refractivity contribution is -0.119.